The predicted octanol–water partition coefficient (Wildman–Crippen LogP) is 4.00. The van der Waals surface area contributed by atoms with Gasteiger partial charge in [0.15, 0.2) is 0 Å². The van der Waals surface area contributed by atoms with Crippen LogP contribution in [0.3, 0.4) is 0 Å². The summed E-state index contributed by atoms with van der Waals surface area (Å²) in [5, 5.41) is 0. The van der Waals surface area contributed by atoms with Crippen molar-refractivity contribution in [1.29, 1.82) is 0 Å². The van der Waals surface area contributed by atoms with E-state index < -0.39 is 0 Å². The molecule has 0 saturated heterocycles. The van der Waals surface area contributed by atoms with Gasteiger partial charge in [0, 0.05) is 4.47 Å². The van der Waals surface area contributed by atoms with Crippen molar-refractivity contribution in [2.45, 2.75) is 39.2 Å². The Labute approximate surface area is 93.6 Å². The van der Waals surface area contributed by atoms with Crippen LogP contribution in [0.25, 0.3) is 0 Å². The molecule has 2 rings (SSSR count). The normalized spacial score (nSPS) is 16.5. The molecule has 14 heavy (non-hydrogen) atoms. The molecule has 0 spiro atoms. The Morgan fingerprint density at radius 1 is 1.21 bits per heavy atom. The Bertz CT molecular complexity index is 319. The topological polar surface area (TPSA) is 9.23 Å². The van der Waals surface area contributed by atoms with Gasteiger partial charge in [0.2, 0.25) is 0 Å². The van der Waals surface area contributed by atoms with Gasteiger partial charge in [-0.1, -0.05) is 15.9 Å². The van der Waals surface area contributed by atoms with E-state index in [0.29, 0.717) is 6.10 Å². The Hall–Kier alpha value is -0.500. The van der Waals surface area contributed by atoms with Gasteiger partial charge in [-0.15, -0.1) is 0 Å². The third-order valence-corrected chi connectivity index (χ3v) is 4.02. The minimum Gasteiger partial charge on any atom is -0.490 e. The van der Waals surface area contributed by atoms with Gasteiger partial charge in [-0.3, -0.25) is 0 Å². The van der Waals surface area contributed by atoms with Gasteiger partial charge in [-0.25, -0.2) is 0 Å². The number of rotatable bonds is 2. The monoisotopic (exact) mass is 254 g/mol. The van der Waals surface area contributed by atoms with E-state index in [4.69, 9.17) is 4.74 Å². The molecular formula is C12H15BrO. The van der Waals surface area contributed by atoms with E-state index in [0.717, 1.165) is 5.75 Å². The maximum Gasteiger partial charge on any atom is 0.120 e. The molecule has 2 heteroatoms. The molecule has 0 unspecified atom stereocenters. The van der Waals surface area contributed by atoms with Crippen LogP contribution in [0.4, 0.5) is 0 Å². The molecule has 1 aromatic rings. The van der Waals surface area contributed by atoms with E-state index in [9.17, 15) is 0 Å². The van der Waals surface area contributed by atoms with Crippen LogP contribution < -0.4 is 4.74 Å². The van der Waals surface area contributed by atoms with Gasteiger partial charge >= 0.3 is 0 Å². The van der Waals surface area contributed by atoms with Gasteiger partial charge in [0.05, 0.1) is 6.10 Å². The quantitative estimate of drug-likeness (QED) is 0.776. The van der Waals surface area contributed by atoms with Crippen LogP contribution in [0.1, 0.15) is 30.4 Å². The highest BCUT2D eigenvalue weighted by atomic mass is 79.9. The number of benzene rings is 1. The molecule has 1 aromatic carbocycles. The van der Waals surface area contributed by atoms with Gasteiger partial charge < -0.3 is 4.74 Å². The molecule has 1 nitrogen and oxygen atoms in total. The summed E-state index contributed by atoms with van der Waals surface area (Å²) in [4.78, 5) is 0. The number of hydrogen-bond acceptors (Lipinski definition) is 1. The molecule has 0 amide bonds. The molecule has 0 bridgehead atoms. The zero-order chi connectivity index (χ0) is 10.1. The fourth-order valence-electron chi connectivity index (χ4n) is 1.66. The van der Waals surface area contributed by atoms with Crippen LogP contribution in [0.5, 0.6) is 5.75 Å². The van der Waals surface area contributed by atoms with Gasteiger partial charge in [-0.2, -0.15) is 0 Å². The van der Waals surface area contributed by atoms with E-state index >= 15 is 0 Å². The molecule has 0 aromatic heterocycles. The zero-order valence-electron chi connectivity index (χ0n) is 8.64. The first-order valence-corrected chi connectivity index (χ1v) is 5.89. The third-order valence-electron chi connectivity index (χ3n) is 2.76. The smallest absolute Gasteiger partial charge is 0.120 e. The zero-order valence-corrected chi connectivity index (χ0v) is 10.2. The summed E-state index contributed by atoms with van der Waals surface area (Å²) >= 11 is 3.55. The molecule has 0 N–H and O–H groups in total. The second-order valence-corrected chi connectivity index (χ2v) is 4.83. The summed E-state index contributed by atoms with van der Waals surface area (Å²) in [5.41, 5.74) is 2.50. The number of aryl methyl sites for hydroxylation is 2. The Balaban J connectivity index is 2.17. The summed E-state index contributed by atoms with van der Waals surface area (Å²) in [5.74, 6) is 1.02. The average Bonchev–Trinajstić information content (AvgIpc) is 2.07. The second kappa shape index (κ2) is 3.93. The molecule has 1 aliphatic rings. The Kier molecular flexibility index (Phi) is 2.82. The lowest BCUT2D eigenvalue weighted by molar-refractivity contribution is 0.120. The fraction of sp³-hybridized carbons (Fsp3) is 0.500. The van der Waals surface area contributed by atoms with E-state index in [1.54, 1.807) is 0 Å². The molecule has 1 saturated carbocycles. The summed E-state index contributed by atoms with van der Waals surface area (Å²) in [6.07, 6.45) is 4.22. The maximum absolute atomic E-state index is 5.85. The average molecular weight is 255 g/mol. The third kappa shape index (κ3) is 1.95. The van der Waals surface area contributed by atoms with Crippen LogP contribution in [-0.2, 0) is 0 Å². The van der Waals surface area contributed by atoms with Crippen molar-refractivity contribution in [3.05, 3.63) is 27.7 Å². The molecule has 0 aliphatic heterocycles. The van der Waals surface area contributed by atoms with E-state index in [2.05, 4.69) is 41.9 Å². The van der Waals surface area contributed by atoms with Gasteiger partial charge in [-0.05, 0) is 56.4 Å². The molecule has 0 radical (unpaired) electrons. The molecular weight excluding hydrogens is 240 g/mol. The summed E-state index contributed by atoms with van der Waals surface area (Å²) in [6.45, 7) is 4.20. The summed E-state index contributed by atoms with van der Waals surface area (Å²) < 4.78 is 7.04. The Morgan fingerprint density at radius 3 is 2.21 bits per heavy atom. The highest BCUT2D eigenvalue weighted by molar-refractivity contribution is 9.10. The van der Waals surface area contributed by atoms with Crippen LogP contribution in [-0.4, -0.2) is 6.10 Å². The van der Waals surface area contributed by atoms with Crippen LogP contribution in [0.2, 0.25) is 0 Å². The Morgan fingerprint density at radius 2 is 1.79 bits per heavy atom. The van der Waals surface area contributed by atoms with E-state index in [1.165, 1.54) is 34.9 Å². The van der Waals surface area contributed by atoms with Crippen molar-refractivity contribution in [2.24, 2.45) is 0 Å². The molecule has 0 atom stereocenters. The first-order valence-electron chi connectivity index (χ1n) is 5.10. The first-order chi connectivity index (χ1) is 6.66. The molecule has 76 valence electrons. The van der Waals surface area contributed by atoms with Crippen molar-refractivity contribution >= 4 is 15.9 Å². The molecule has 1 aliphatic carbocycles. The molecule has 0 heterocycles. The maximum atomic E-state index is 5.85. The highest BCUT2D eigenvalue weighted by Crippen LogP contribution is 2.30. The number of halogens is 1. The lowest BCUT2D eigenvalue weighted by Crippen LogP contribution is -2.24. The number of hydrogen-bond donors (Lipinski definition) is 0. The largest absolute Gasteiger partial charge is 0.490 e. The van der Waals surface area contributed by atoms with Crippen molar-refractivity contribution in [3.8, 4) is 5.75 Å². The van der Waals surface area contributed by atoms with Gasteiger partial charge in [0.1, 0.15) is 5.75 Å². The SMILES string of the molecule is Cc1cc(OC2CCC2)cc(C)c1Br. The first kappa shape index (κ1) is 10.0. The van der Waals surface area contributed by atoms with Crippen molar-refractivity contribution in [1.82, 2.24) is 0 Å². The second-order valence-electron chi connectivity index (χ2n) is 4.04. The number of ether oxygens (including phenoxy) is 1. The standard InChI is InChI=1S/C12H15BrO/c1-8-6-11(7-9(2)12(8)13)14-10-4-3-5-10/h6-7,10H,3-5H2,1-2H3. The molecule has 1 fully saturated rings. The summed E-state index contributed by atoms with van der Waals surface area (Å²) in [6, 6.07) is 4.21. The minimum absolute atomic E-state index is 0.468. The van der Waals surface area contributed by atoms with E-state index in [1.807, 2.05) is 0 Å². The van der Waals surface area contributed by atoms with Crippen LogP contribution in [0.15, 0.2) is 16.6 Å². The van der Waals surface area contributed by atoms with E-state index in [-0.39, 0.29) is 0 Å². The minimum atomic E-state index is 0.468. The lowest BCUT2D eigenvalue weighted by Gasteiger charge is -2.26. The fourth-order valence-corrected chi connectivity index (χ4v) is 1.88. The lowest BCUT2D eigenvalue weighted by atomic mass is 9.96. The van der Waals surface area contributed by atoms with Crippen LogP contribution >= 0.6 is 15.9 Å². The highest BCUT2D eigenvalue weighted by Gasteiger charge is 2.19. The van der Waals surface area contributed by atoms with Crippen molar-refractivity contribution in [3.63, 3.8) is 0 Å². The predicted molar refractivity (Wildman–Crippen MR) is 61.9 cm³/mol. The summed E-state index contributed by atoms with van der Waals surface area (Å²) in [7, 11) is 0. The van der Waals surface area contributed by atoms with Gasteiger partial charge in [0.25, 0.3) is 0 Å². The van der Waals surface area contributed by atoms with Crippen molar-refractivity contribution < 1.29 is 4.74 Å². The van der Waals surface area contributed by atoms with Crippen molar-refractivity contribution in [2.75, 3.05) is 0 Å². The van der Waals surface area contributed by atoms with Crippen LogP contribution in [0, 0.1) is 13.8 Å².